The lowest BCUT2D eigenvalue weighted by Gasteiger charge is -2.21. The predicted molar refractivity (Wildman–Crippen MR) is 71.3 cm³/mol. The maximum atomic E-state index is 5.41. The fourth-order valence-electron chi connectivity index (χ4n) is 2.83. The number of hydrogen-bond acceptors (Lipinski definition) is 2. The van der Waals surface area contributed by atoms with E-state index in [1.54, 1.807) is 7.11 Å². The molecule has 0 aromatic heterocycles. The summed E-state index contributed by atoms with van der Waals surface area (Å²) in [6.07, 6.45) is 3.97. The van der Waals surface area contributed by atoms with E-state index >= 15 is 0 Å². The molecule has 0 saturated heterocycles. The molecule has 2 rings (SSSR count). The van der Waals surface area contributed by atoms with Crippen LogP contribution < -0.4 is 10.1 Å². The summed E-state index contributed by atoms with van der Waals surface area (Å²) in [5, 5.41) is 3.72. The van der Waals surface area contributed by atoms with Gasteiger partial charge >= 0.3 is 0 Å². The van der Waals surface area contributed by atoms with Crippen molar-refractivity contribution in [3.8, 4) is 5.75 Å². The minimum Gasteiger partial charge on any atom is -0.496 e. The first-order chi connectivity index (χ1) is 8.20. The van der Waals surface area contributed by atoms with E-state index < -0.39 is 0 Å². The highest BCUT2D eigenvalue weighted by molar-refractivity contribution is 5.35. The first-order valence-electron chi connectivity index (χ1n) is 6.59. The Hall–Kier alpha value is -1.02. The summed E-state index contributed by atoms with van der Waals surface area (Å²) in [5.41, 5.74) is 1.26. The topological polar surface area (TPSA) is 21.3 Å². The second kappa shape index (κ2) is 5.54. The van der Waals surface area contributed by atoms with Gasteiger partial charge in [-0.05, 0) is 38.2 Å². The van der Waals surface area contributed by atoms with E-state index in [-0.39, 0.29) is 0 Å². The van der Waals surface area contributed by atoms with Crippen LogP contribution in [0.25, 0.3) is 0 Å². The highest BCUT2D eigenvalue weighted by Crippen LogP contribution is 2.29. The number of benzene rings is 1. The average Bonchev–Trinajstić information content (AvgIpc) is 2.74. The minimum absolute atomic E-state index is 0.362. The minimum atomic E-state index is 0.362. The Balaban J connectivity index is 2.01. The van der Waals surface area contributed by atoms with Crippen molar-refractivity contribution in [1.29, 1.82) is 0 Å². The molecule has 0 aliphatic heterocycles. The fourth-order valence-corrected chi connectivity index (χ4v) is 2.83. The van der Waals surface area contributed by atoms with Gasteiger partial charge in [-0.1, -0.05) is 25.1 Å². The van der Waals surface area contributed by atoms with E-state index in [9.17, 15) is 0 Å². The summed E-state index contributed by atoms with van der Waals surface area (Å²) in [6.45, 7) is 4.57. The highest BCUT2D eigenvalue weighted by atomic mass is 16.5. The maximum Gasteiger partial charge on any atom is 0.123 e. The largest absolute Gasteiger partial charge is 0.496 e. The lowest BCUT2D eigenvalue weighted by molar-refractivity contribution is 0.391. The summed E-state index contributed by atoms with van der Waals surface area (Å²) in [4.78, 5) is 0. The second-order valence-electron chi connectivity index (χ2n) is 5.25. The van der Waals surface area contributed by atoms with Crippen molar-refractivity contribution in [2.45, 2.75) is 45.2 Å². The van der Waals surface area contributed by atoms with E-state index in [1.807, 2.05) is 12.1 Å². The first-order valence-corrected chi connectivity index (χ1v) is 6.59. The fraction of sp³-hybridized carbons (Fsp3) is 0.600. The van der Waals surface area contributed by atoms with Crippen molar-refractivity contribution in [3.05, 3.63) is 29.8 Å². The Kier molecular flexibility index (Phi) is 4.06. The van der Waals surface area contributed by atoms with Gasteiger partial charge in [-0.15, -0.1) is 0 Å². The summed E-state index contributed by atoms with van der Waals surface area (Å²) in [5.74, 6) is 1.86. The van der Waals surface area contributed by atoms with Crippen molar-refractivity contribution in [2.24, 2.45) is 5.92 Å². The van der Waals surface area contributed by atoms with Gasteiger partial charge in [0.2, 0.25) is 0 Å². The van der Waals surface area contributed by atoms with Crippen molar-refractivity contribution in [1.82, 2.24) is 5.32 Å². The molecule has 0 spiro atoms. The number of hydrogen-bond donors (Lipinski definition) is 1. The number of methoxy groups -OCH3 is 1. The summed E-state index contributed by atoms with van der Waals surface area (Å²) in [7, 11) is 1.74. The standard InChI is InChI=1S/C15H23NO/c1-11-8-9-13(10-11)16-12(2)14-6-4-5-7-15(14)17-3/h4-7,11-13,16H,8-10H2,1-3H3. The van der Waals surface area contributed by atoms with E-state index in [0.717, 1.165) is 11.7 Å². The van der Waals surface area contributed by atoms with Gasteiger partial charge in [0.15, 0.2) is 0 Å². The molecule has 1 aliphatic rings. The van der Waals surface area contributed by atoms with E-state index in [4.69, 9.17) is 4.74 Å². The lowest BCUT2D eigenvalue weighted by Crippen LogP contribution is -2.29. The van der Waals surface area contributed by atoms with Gasteiger partial charge in [0.25, 0.3) is 0 Å². The van der Waals surface area contributed by atoms with Crippen molar-refractivity contribution in [2.75, 3.05) is 7.11 Å². The van der Waals surface area contributed by atoms with Crippen molar-refractivity contribution < 1.29 is 4.74 Å². The van der Waals surface area contributed by atoms with Crippen LogP contribution in [0.15, 0.2) is 24.3 Å². The summed E-state index contributed by atoms with van der Waals surface area (Å²) < 4.78 is 5.41. The van der Waals surface area contributed by atoms with Crippen LogP contribution in [0.4, 0.5) is 0 Å². The quantitative estimate of drug-likeness (QED) is 0.859. The molecule has 0 radical (unpaired) electrons. The number of ether oxygens (including phenoxy) is 1. The van der Waals surface area contributed by atoms with Crippen LogP contribution in [0.1, 0.15) is 44.7 Å². The number of nitrogens with one attached hydrogen (secondary N) is 1. The molecule has 1 aliphatic carbocycles. The van der Waals surface area contributed by atoms with Gasteiger partial charge in [0.1, 0.15) is 5.75 Å². The van der Waals surface area contributed by atoms with Crippen LogP contribution in [-0.2, 0) is 0 Å². The van der Waals surface area contributed by atoms with E-state index in [1.165, 1.54) is 24.8 Å². The zero-order valence-corrected chi connectivity index (χ0v) is 11.1. The summed E-state index contributed by atoms with van der Waals surface area (Å²) in [6, 6.07) is 9.31. The van der Waals surface area contributed by atoms with Gasteiger partial charge in [-0.2, -0.15) is 0 Å². The Morgan fingerprint density at radius 1 is 1.29 bits per heavy atom. The van der Waals surface area contributed by atoms with Crippen LogP contribution in [0.5, 0.6) is 5.75 Å². The molecule has 0 bridgehead atoms. The molecule has 2 nitrogen and oxygen atoms in total. The summed E-state index contributed by atoms with van der Waals surface area (Å²) >= 11 is 0. The Morgan fingerprint density at radius 3 is 2.71 bits per heavy atom. The second-order valence-corrected chi connectivity index (χ2v) is 5.25. The Morgan fingerprint density at radius 2 is 2.06 bits per heavy atom. The Bertz CT molecular complexity index is 364. The zero-order valence-electron chi connectivity index (χ0n) is 11.1. The van der Waals surface area contributed by atoms with Crippen LogP contribution >= 0.6 is 0 Å². The molecule has 1 N–H and O–H groups in total. The lowest BCUT2D eigenvalue weighted by atomic mass is 10.1. The van der Waals surface area contributed by atoms with Gasteiger partial charge in [0.05, 0.1) is 7.11 Å². The van der Waals surface area contributed by atoms with Crippen LogP contribution in [0.2, 0.25) is 0 Å². The maximum absolute atomic E-state index is 5.41. The molecule has 17 heavy (non-hydrogen) atoms. The Labute approximate surface area is 104 Å². The van der Waals surface area contributed by atoms with E-state index in [2.05, 4.69) is 31.3 Å². The molecule has 94 valence electrons. The highest BCUT2D eigenvalue weighted by Gasteiger charge is 2.23. The molecule has 1 aromatic rings. The predicted octanol–water partition coefficient (Wildman–Crippen LogP) is 3.53. The molecule has 1 aromatic carbocycles. The normalized spacial score (nSPS) is 25.8. The molecule has 0 heterocycles. The molecule has 3 unspecified atom stereocenters. The molecule has 0 amide bonds. The number of para-hydroxylation sites is 1. The van der Waals surface area contributed by atoms with Crippen LogP contribution in [-0.4, -0.2) is 13.2 Å². The van der Waals surface area contributed by atoms with E-state index in [0.29, 0.717) is 12.1 Å². The molecule has 1 fully saturated rings. The third-order valence-electron chi connectivity index (χ3n) is 3.79. The SMILES string of the molecule is COc1ccccc1C(C)NC1CCC(C)C1. The van der Waals surface area contributed by atoms with Gasteiger partial charge in [-0.3, -0.25) is 0 Å². The average molecular weight is 233 g/mol. The van der Waals surface area contributed by atoms with Gasteiger partial charge in [-0.25, -0.2) is 0 Å². The monoisotopic (exact) mass is 233 g/mol. The third kappa shape index (κ3) is 3.01. The smallest absolute Gasteiger partial charge is 0.123 e. The first kappa shape index (κ1) is 12.4. The third-order valence-corrected chi connectivity index (χ3v) is 3.79. The molecule has 3 atom stereocenters. The number of rotatable bonds is 4. The van der Waals surface area contributed by atoms with Crippen molar-refractivity contribution >= 4 is 0 Å². The van der Waals surface area contributed by atoms with Gasteiger partial charge < -0.3 is 10.1 Å². The van der Waals surface area contributed by atoms with Crippen LogP contribution in [0.3, 0.4) is 0 Å². The molecular weight excluding hydrogens is 210 g/mol. The molecule has 1 saturated carbocycles. The van der Waals surface area contributed by atoms with Crippen molar-refractivity contribution in [3.63, 3.8) is 0 Å². The zero-order chi connectivity index (χ0) is 12.3. The molecule has 2 heteroatoms. The van der Waals surface area contributed by atoms with Gasteiger partial charge in [0, 0.05) is 17.6 Å². The molecular formula is C15H23NO. The van der Waals surface area contributed by atoms with Crippen LogP contribution in [0, 0.1) is 5.92 Å².